The van der Waals surface area contributed by atoms with Crippen LogP contribution >= 0.6 is 0 Å². The van der Waals surface area contributed by atoms with Crippen LogP contribution in [0.3, 0.4) is 0 Å². The second-order valence-corrected chi connectivity index (χ2v) is 4.46. The molecule has 2 aliphatic rings. The van der Waals surface area contributed by atoms with Gasteiger partial charge in [0.15, 0.2) is 5.82 Å². The summed E-state index contributed by atoms with van der Waals surface area (Å²) < 4.78 is 7.16. The average molecular weight is 266 g/mol. The van der Waals surface area contributed by atoms with Gasteiger partial charge in [0.2, 0.25) is 0 Å². The smallest absolute Gasteiger partial charge is 0.162 e. The first-order valence-corrected chi connectivity index (χ1v) is 5.95. The van der Waals surface area contributed by atoms with E-state index in [1.165, 1.54) is 18.9 Å². The lowest BCUT2D eigenvalue weighted by molar-refractivity contribution is -0.0438. The molecule has 3 rings (SSSR count). The monoisotopic (exact) mass is 266 g/mol. The van der Waals surface area contributed by atoms with Gasteiger partial charge in [-0.2, -0.15) is 0 Å². The number of aromatic nitrogens is 2. The van der Waals surface area contributed by atoms with Crippen molar-refractivity contribution in [1.29, 1.82) is 0 Å². The van der Waals surface area contributed by atoms with E-state index < -0.39 is 24.5 Å². The van der Waals surface area contributed by atoms with E-state index in [1.807, 2.05) is 0 Å². The molecule has 0 unspecified atom stereocenters. The number of nitrogens with zero attached hydrogens (tertiary/aromatic N) is 4. The number of aliphatic hydroxyl groups is 3. The first-order chi connectivity index (χ1) is 9.20. The maximum absolute atomic E-state index is 9.81. The highest BCUT2D eigenvalue weighted by Gasteiger charge is 2.36. The van der Waals surface area contributed by atoms with Crippen LogP contribution in [0.25, 0.3) is 0 Å². The van der Waals surface area contributed by atoms with Gasteiger partial charge in [-0.1, -0.05) is 0 Å². The van der Waals surface area contributed by atoms with Gasteiger partial charge in [-0.05, 0) is 0 Å². The molecule has 1 fully saturated rings. The fourth-order valence-corrected chi connectivity index (χ4v) is 2.25. The van der Waals surface area contributed by atoms with Gasteiger partial charge in [-0.15, -0.1) is 0 Å². The lowest BCUT2D eigenvalue weighted by atomic mass is 10.2. The maximum Gasteiger partial charge on any atom is 0.162 e. The van der Waals surface area contributed by atoms with E-state index in [1.54, 1.807) is 4.57 Å². The summed E-state index contributed by atoms with van der Waals surface area (Å²) in [6.45, 7) is -0.246. The standard InChI is InChI=1S/C11H14N4O4/c16-3-8-6(17)1-9(19-8)15-5-14-10-7(18)2-12-4-13-11(10)15/h2,4-9,16-18H,1,3H2/t6-,7-,8+,9+/m0/s1. The van der Waals surface area contributed by atoms with E-state index >= 15 is 0 Å². The number of aliphatic imine (C=N–C) groups is 2. The molecule has 3 heterocycles. The van der Waals surface area contributed by atoms with E-state index in [2.05, 4.69) is 15.0 Å². The second kappa shape index (κ2) is 4.82. The zero-order chi connectivity index (χ0) is 13.4. The molecule has 1 saturated heterocycles. The summed E-state index contributed by atoms with van der Waals surface area (Å²) >= 11 is 0. The van der Waals surface area contributed by atoms with Crippen LogP contribution in [0.15, 0.2) is 16.3 Å². The largest absolute Gasteiger partial charge is 0.394 e. The van der Waals surface area contributed by atoms with Crippen molar-refractivity contribution in [2.45, 2.75) is 31.0 Å². The van der Waals surface area contributed by atoms with Gasteiger partial charge in [0.1, 0.15) is 30.5 Å². The molecule has 19 heavy (non-hydrogen) atoms. The molecule has 0 saturated carbocycles. The molecular formula is C11H14N4O4. The van der Waals surface area contributed by atoms with Crippen molar-refractivity contribution in [3.63, 3.8) is 0 Å². The fraction of sp³-hybridized carbons (Fsp3) is 0.545. The molecule has 102 valence electrons. The van der Waals surface area contributed by atoms with Crippen molar-refractivity contribution in [1.82, 2.24) is 9.55 Å². The third kappa shape index (κ3) is 2.08. The Kier molecular flexibility index (Phi) is 3.15. The highest BCUT2D eigenvalue weighted by atomic mass is 16.5. The van der Waals surface area contributed by atoms with Crippen LogP contribution in [0.1, 0.15) is 24.4 Å². The van der Waals surface area contributed by atoms with Crippen LogP contribution in [0, 0.1) is 0 Å². The molecule has 0 aliphatic carbocycles. The number of aliphatic hydroxyl groups excluding tert-OH is 3. The molecule has 0 aromatic carbocycles. The van der Waals surface area contributed by atoms with Crippen LogP contribution in [0.5, 0.6) is 0 Å². The zero-order valence-electron chi connectivity index (χ0n) is 9.99. The SMILES string of the molecule is OC[C@H]1O[C@@H](n2cnc3c2N=CN=C[C@@H]3O)C[C@@H]1O. The maximum atomic E-state index is 9.81. The minimum atomic E-state index is -0.918. The molecule has 8 nitrogen and oxygen atoms in total. The Morgan fingerprint density at radius 2 is 2.26 bits per heavy atom. The van der Waals surface area contributed by atoms with E-state index in [9.17, 15) is 10.2 Å². The molecule has 0 bridgehead atoms. The van der Waals surface area contributed by atoms with Gasteiger partial charge in [0.05, 0.1) is 19.0 Å². The van der Waals surface area contributed by atoms with Crippen molar-refractivity contribution in [3.8, 4) is 0 Å². The van der Waals surface area contributed by atoms with Gasteiger partial charge in [-0.25, -0.2) is 15.0 Å². The van der Waals surface area contributed by atoms with Gasteiger partial charge in [-0.3, -0.25) is 4.57 Å². The highest BCUT2D eigenvalue weighted by Crippen LogP contribution is 2.35. The van der Waals surface area contributed by atoms with Gasteiger partial charge in [0, 0.05) is 12.6 Å². The van der Waals surface area contributed by atoms with Crippen LogP contribution in [0.4, 0.5) is 5.82 Å². The number of fused-ring (bicyclic) bond motifs is 1. The van der Waals surface area contributed by atoms with E-state index in [0.717, 1.165) is 0 Å². The molecule has 1 aromatic heterocycles. The molecule has 3 N–H and O–H groups in total. The van der Waals surface area contributed by atoms with Crippen LogP contribution in [0.2, 0.25) is 0 Å². The zero-order valence-corrected chi connectivity index (χ0v) is 9.99. The summed E-state index contributed by atoms with van der Waals surface area (Å²) in [5.41, 5.74) is 0.392. The minimum Gasteiger partial charge on any atom is -0.394 e. The van der Waals surface area contributed by atoms with Crippen LogP contribution in [-0.4, -0.2) is 56.2 Å². The van der Waals surface area contributed by atoms with Gasteiger partial charge in [0.25, 0.3) is 0 Å². The van der Waals surface area contributed by atoms with E-state index in [0.29, 0.717) is 17.9 Å². The summed E-state index contributed by atoms with van der Waals surface area (Å²) in [4.78, 5) is 12.0. The predicted octanol–water partition coefficient (Wildman–Crippen LogP) is -0.699. The average Bonchev–Trinajstić information content (AvgIpc) is 2.93. The first kappa shape index (κ1) is 12.4. The topological polar surface area (TPSA) is 112 Å². The second-order valence-electron chi connectivity index (χ2n) is 4.46. The Hall–Kier alpha value is -1.61. The van der Waals surface area contributed by atoms with Crippen molar-refractivity contribution in [2.75, 3.05) is 6.61 Å². The Bertz CT molecular complexity index is 527. The van der Waals surface area contributed by atoms with Gasteiger partial charge < -0.3 is 20.1 Å². The third-order valence-corrected chi connectivity index (χ3v) is 3.24. The van der Waals surface area contributed by atoms with Crippen molar-refractivity contribution in [2.24, 2.45) is 9.98 Å². The number of hydrogen-bond donors (Lipinski definition) is 3. The van der Waals surface area contributed by atoms with E-state index in [4.69, 9.17) is 9.84 Å². The lowest BCUT2D eigenvalue weighted by Gasteiger charge is -2.14. The molecule has 0 radical (unpaired) electrons. The third-order valence-electron chi connectivity index (χ3n) is 3.24. The summed E-state index contributed by atoms with van der Waals surface area (Å²) in [6.07, 6.45) is 1.77. The highest BCUT2D eigenvalue weighted by molar-refractivity contribution is 5.80. The Labute approximate surface area is 108 Å². The Balaban J connectivity index is 1.92. The molecule has 2 aliphatic heterocycles. The lowest BCUT2D eigenvalue weighted by Crippen LogP contribution is -2.24. The molecule has 0 amide bonds. The molecular weight excluding hydrogens is 252 g/mol. The molecule has 1 aromatic rings. The first-order valence-electron chi connectivity index (χ1n) is 5.95. The quantitative estimate of drug-likeness (QED) is 0.655. The number of hydrogen-bond acceptors (Lipinski definition) is 7. The van der Waals surface area contributed by atoms with Gasteiger partial charge >= 0.3 is 0 Å². The molecule has 0 spiro atoms. The van der Waals surface area contributed by atoms with Crippen LogP contribution < -0.4 is 0 Å². The number of rotatable bonds is 2. The summed E-state index contributed by atoms with van der Waals surface area (Å²) in [5.74, 6) is 0.445. The van der Waals surface area contributed by atoms with Crippen molar-refractivity contribution < 1.29 is 20.1 Å². The Morgan fingerprint density at radius 1 is 1.42 bits per heavy atom. The molecule has 4 atom stereocenters. The summed E-state index contributed by atoms with van der Waals surface area (Å²) in [7, 11) is 0. The normalized spacial score (nSPS) is 33.4. The number of ether oxygens (including phenoxy) is 1. The molecule has 8 heteroatoms. The van der Waals surface area contributed by atoms with Crippen molar-refractivity contribution in [3.05, 3.63) is 12.0 Å². The minimum absolute atomic E-state index is 0.246. The van der Waals surface area contributed by atoms with Crippen molar-refractivity contribution >= 4 is 18.4 Å². The van der Waals surface area contributed by atoms with E-state index in [-0.39, 0.29) is 6.61 Å². The fourth-order valence-electron chi connectivity index (χ4n) is 2.25. The Morgan fingerprint density at radius 3 is 3.00 bits per heavy atom. The van der Waals surface area contributed by atoms with Crippen LogP contribution in [-0.2, 0) is 4.74 Å². The number of imidazole rings is 1. The summed E-state index contributed by atoms with van der Waals surface area (Å²) in [5, 5.41) is 28.6. The predicted molar refractivity (Wildman–Crippen MR) is 65.5 cm³/mol. The summed E-state index contributed by atoms with van der Waals surface area (Å²) in [6, 6.07) is 0.